The van der Waals surface area contributed by atoms with Gasteiger partial charge in [0.1, 0.15) is 11.6 Å². The van der Waals surface area contributed by atoms with E-state index in [1.54, 1.807) is 0 Å². The van der Waals surface area contributed by atoms with Crippen molar-refractivity contribution in [2.45, 2.75) is 6.42 Å². The number of hydrogen-bond acceptors (Lipinski definition) is 4. The van der Waals surface area contributed by atoms with Gasteiger partial charge in [0.15, 0.2) is 0 Å². The van der Waals surface area contributed by atoms with Crippen LogP contribution in [0.4, 0.5) is 10.2 Å². The first-order valence-corrected chi connectivity index (χ1v) is 3.60. The number of carbonyl (C=O) groups excluding carboxylic acids is 1. The summed E-state index contributed by atoms with van der Waals surface area (Å²) in [4.78, 5) is 14.4. The van der Waals surface area contributed by atoms with Gasteiger partial charge in [-0.2, -0.15) is 0 Å². The summed E-state index contributed by atoms with van der Waals surface area (Å²) in [7, 11) is 1.24. The van der Waals surface area contributed by atoms with Crippen LogP contribution in [0.3, 0.4) is 0 Å². The summed E-state index contributed by atoms with van der Waals surface area (Å²) < 4.78 is 17.4. The van der Waals surface area contributed by atoms with Gasteiger partial charge in [0.25, 0.3) is 0 Å². The largest absolute Gasteiger partial charge is 0.469 e. The van der Waals surface area contributed by atoms with Gasteiger partial charge in [-0.05, 0) is 0 Å². The number of carbonyl (C=O) groups is 1. The molecule has 1 rings (SSSR count). The third-order valence-corrected chi connectivity index (χ3v) is 1.51. The SMILES string of the molecule is COC(=O)Cc1cnc(N)cc1F. The second kappa shape index (κ2) is 3.84. The molecule has 0 fully saturated rings. The van der Waals surface area contributed by atoms with Crippen molar-refractivity contribution in [3.63, 3.8) is 0 Å². The topological polar surface area (TPSA) is 65.2 Å². The Balaban J connectivity index is 2.83. The Morgan fingerprint density at radius 2 is 2.46 bits per heavy atom. The fourth-order valence-corrected chi connectivity index (χ4v) is 0.832. The summed E-state index contributed by atoms with van der Waals surface area (Å²) in [5.41, 5.74) is 5.41. The van der Waals surface area contributed by atoms with E-state index in [1.165, 1.54) is 13.3 Å². The molecule has 0 bridgehead atoms. The number of halogens is 1. The van der Waals surface area contributed by atoms with Crippen molar-refractivity contribution in [2.24, 2.45) is 0 Å². The molecule has 0 saturated carbocycles. The van der Waals surface area contributed by atoms with E-state index >= 15 is 0 Å². The number of nitrogen functional groups attached to an aromatic ring is 1. The van der Waals surface area contributed by atoms with Crippen molar-refractivity contribution in [3.05, 3.63) is 23.6 Å². The second-order valence-corrected chi connectivity index (χ2v) is 2.45. The lowest BCUT2D eigenvalue weighted by Crippen LogP contribution is -2.07. The predicted molar refractivity (Wildman–Crippen MR) is 44.3 cm³/mol. The standard InChI is InChI=1S/C8H9FN2O2/c1-13-8(12)2-5-4-11-7(10)3-6(5)9/h3-4H,2H2,1H3,(H2,10,11). The molecule has 0 aliphatic heterocycles. The Hall–Kier alpha value is -1.65. The molecule has 5 heteroatoms. The third-order valence-electron chi connectivity index (χ3n) is 1.51. The summed E-state index contributed by atoms with van der Waals surface area (Å²) in [6.07, 6.45) is 1.09. The first-order chi connectivity index (χ1) is 6.13. The normalized spacial score (nSPS) is 9.69. The number of esters is 1. The van der Waals surface area contributed by atoms with Crippen molar-refractivity contribution >= 4 is 11.8 Å². The summed E-state index contributed by atoms with van der Waals surface area (Å²) in [5, 5.41) is 0. The fraction of sp³-hybridized carbons (Fsp3) is 0.250. The lowest BCUT2D eigenvalue weighted by Gasteiger charge is -2.01. The molecular weight excluding hydrogens is 175 g/mol. The van der Waals surface area contributed by atoms with E-state index < -0.39 is 11.8 Å². The van der Waals surface area contributed by atoms with Crippen molar-refractivity contribution in [1.29, 1.82) is 0 Å². The molecule has 0 spiro atoms. The zero-order valence-corrected chi connectivity index (χ0v) is 7.08. The van der Waals surface area contributed by atoms with Crippen LogP contribution in [0.2, 0.25) is 0 Å². The molecule has 0 unspecified atom stereocenters. The van der Waals surface area contributed by atoms with Crippen molar-refractivity contribution in [2.75, 3.05) is 12.8 Å². The van der Waals surface area contributed by atoms with Crippen LogP contribution >= 0.6 is 0 Å². The molecule has 1 aromatic heterocycles. The maximum Gasteiger partial charge on any atom is 0.310 e. The average molecular weight is 184 g/mol. The van der Waals surface area contributed by atoms with Gasteiger partial charge < -0.3 is 10.5 Å². The van der Waals surface area contributed by atoms with Crippen LogP contribution in [0.1, 0.15) is 5.56 Å². The number of nitrogens with zero attached hydrogens (tertiary/aromatic N) is 1. The monoisotopic (exact) mass is 184 g/mol. The Morgan fingerprint density at radius 3 is 3.00 bits per heavy atom. The van der Waals surface area contributed by atoms with E-state index in [9.17, 15) is 9.18 Å². The number of pyridine rings is 1. The number of anilines is 1. The van der Waals surface area contributed by atoms with Crippen molar-refractivity contribution < 1.29 is 13.9 Å². The predicted octanol–water partition coefficient (Wildman–Crippen LogP) is 0.518. The molecule has 1 aromatic rings. The maximum atomic E-state index is 13.0. The highest BCUT2D eigenvalue weighted by molar-refractivity contribution is 5.72. The van der Waals surface area contributed by atoms with Gasteiger partial charge in [-0.25, -0.2) is 9.37 Å². The summed E-state index contributed by atoms with van der Waals surface area (Å²) in [6, 6.07) is 1.07. The lowest BCUT2D eigenvalue weighted by molar-refractivity contribution is -0.139. The van der Waals surface area contributed by atoms with Gasteiger partial charge >= 0.3 is 5.97 Å². The molecule has 0 amide bonds. The van der Waals surface area contributed by atoms with E-state index in [-0.39, 0.29) is 17.8 Å². The molecule has 1 heterocycles. The highest BCUT2D eigenvalue weighted by Gasteiger charge is 2.08. The van der Waals surface area contributed by atoms with Gasteiger partial charge in [-0.15, -0.1) is 0 Å². The first-order valence-electron chi connectivity index (χ1n) is 3.60. The molecule has 13 heavy (non-hydrogen) atoms. The lowest BCUT2D eigenvalue weighted by atomic mass is 10.2. The summed E-state index contributed by atoms with van der Waals surface area (Å²) in [6.45, 7) is 0. The minimum absolute atomic E-state index is 0.0890. The van der Waals surface area contributed by atoms with Gasteiger partial charge in [0.05, 0.1) is 13.5 Å². The van der Waals surface area contributed by atoms with Gasteiger partial charge in [-0.3, -0.25) is 4.79 Å². The molecule has 4 nitrogen and oxygen atoms in total. The fourth-order valence-electron chi connectivity index (χ4n) is 0.832. The number of hydrogen-bond donors (Lipinski definition) is 1. The van der Waals surface area contributed by atoms with Crippen LogP contribution in [-0.2, 0) is 16.0 Å². The average Bonchev–Trinajstić information content (AvgIpc) is 2.09. The van der Waals surface area contributed by atoms with E-state index in [0.717, 1.165) is 6.07 Å². The van der Waals surface area contributed by atoms with E-state index in [4.69, 9.17) is 5.73 Å². The van der Waals surface area contributed by atoms with Crippen LogP contribution in [0.5, 0.6) is 0 Å². The maximum absolute atomic E-state index is 13.0. The zero-order chi connectivity index (χ0) is 9.84. The van der Waals surface area contributed by atoms with Crippen LogP contribution in [0.25, 0.3) is 0 Å². The van der Waals surface area contributed by atoms with E-state index in [1.807, 2.05) is 0 Å². The van der Waals surface area contributed by atoms with Crippen molar-refractivity contribution in [3.8, 4) is 0 Å². The molecule has 0 aliphatic carbocycles. The summed E-state index contributed by atoms with van der Waals surface area (Å²) in [5.74, 6) is -0.963. The molecule has 2 N–H and O–H groups in total. The number of nitrogens with two attached hydrogens (primary N) is 1. The minimum atomic E-state index is -0.544. The van der Waals surface area contributed by atoms with E-state index in [2.05, 4.69) is 9.72 Å². The number of ether oxygens (including phenoxy) is 1. The minimum Gasteiger partial charge on any atom is -0.469 e. The Kier molecular flexibility index (Phi) is 2.79. The van der Waals surface area contributed by atoms with Crippen molar-refractivity contribution in [1.82, 2.24) is 4.98 Å². The molecule has 70 valence electrons. The number of aromatic nitrogens is 1. The second-order valence-electron chi connectivity index (χ2n) is 2.45. The van der Waals surface area contributed by atoms with Gasteiger partial charge in [0.2, 0.25) is 0 Å². The van der Waals surface area contributed by atoms with Crippen LogP contribution in [0.15, 0.2) is 12.3 Å². The zero-order valence-electron chi connectivity index (χ0n) is 7.08. The molecular formula is C8H9FN2O2. The molecule has 0 aliphatic rings. The highest BCUT2D eigenvalue weighted by atomic mass is 19.1. The Labute approximate surface area is 74.5 Å². The molecule has 0 atom stereocenters. The van der Waals surface area contributed by atoms with Crippen LogP contribution in [-0.4, -0.2) is 18.1 Å². The van der Waals surface area contributed by atoms with Crippen LogP contribution in [0, 0.1) is 5.82 Å². The number of methoxy groups -OCH3 is 1. The Bertz CT molecular complexity index is 328. The molecule has 0 radical (unpaired) electrons. The smallest absolute Gasteiger partial charge is 0.310 e. The quantitative estimate of drug-likeness (QED) is 0.680. The first kappa shape index (κ1) is 9.44. The van der Waals surface area contributed by atoms with Gasteiger partial charge in [-0.1, -0.05) is 0 Å². The van der Waals surface area contributed by atoms with Gasteiger partial charge in [0, 0.05) is 17.8 Å². The number of rotatable bonds is 2. The summed E-state index contributed by atoms with van der Waals surface area (Å²) >= 11 is 0. The Morgan fingerprint density at radius 1 is 1.77 bits per heavy atom. The highest BCUT2D eigenvalue weighted by Crippen LogP contribution is 2.09. The van der Waals surface area contributed by atoms with E-state index in [0.29, 0.717) is 0 Å². The van der Waals surface area contributed by atoms with Crippen LogP contribution < -0.4 is 5.73 Å². The molecule has 0 aromatic carbocycles. The third kappa shape index (κ3) is 2.40. The molecule has 0 saturated heterocycles.